The fourth-order valence-corrected chi connectivity index (χ4v) is 5.04. The van der Waals surface area contributed by atoms with Gasteiger partial charge in [-0.2, -0.15) is 5.10 Å². The van der Waals surface area contributed by atoms with Crippen LogP contribution in [0.3, 0.4) is 0 Å². The summed E-state index contributed by atoms with van der Waals surface area (Å²) in [5, 5.41) is 13.7. The number of oxime groups is 1. The molecule has 7 rings (SSSR count). The largest absolute Gasteiger partial charge is 0.497 e. The minimum Gasteiger partial charge on any atom is -0.497 e. The second-order valence-corrected chi connectivity index (χ2v) is 9.54. The predicted molar refractivity (Wildman–Crippen MR) is 149 cm³/mol. The van der Waals surface area contributed by atoms with Crippen LogP contribution in [0.1, 0.15) is 46.8 Å². The summed E-state index contributed by atoms with van der Waals surface area (Å²) in [4.78, 5) is 15.0. The minimum absolute atomic E-state index is 0.0758. The van der Waals surface area contributed by atoms with Crippen molar-refractivity contribution in [2.24, 2.45) is 5.16 Å². The fourth-order valence-electron chi connectivity index (χ4n) is 5.04. The van der Waals surface area contributed by atoms with Crippen LogP contribution < -0.4 is 9.47 Å². The summed E-state index contributed by atoms with van der Waals surface area (Å²) in [6.07, 6.45) is 3.23. The van der Waals surface area contributed by atoms with Crippen LogP contribution in [0.5, 0.6) is 17.5 Å². The molecule has 0 spiro atoms. The Hall–Kier alpha value is -5.45. The van der Waals surface area contributed by atoms with Crippen molar-refractivity contribution in [3.8, 4) is 23.2 Å². The van der Waals surface area contributed by atoms with Gasteiger partial charge in [-0.1, -0.05) is 23.4 Å². The minimum atomic E-state index is -0.356. The van der Waals surface area contributed by atoms with Crippen LogP contribution in [0.15, 0.2) is 88.9 Å². The van der Waals surface area contributed by atoms with Crippen molar-refractivity contribution in [1.82, 2.24) is 29.4 Å². The average Bonchev–Trinajstić information content (AvgIpc) is 3.76. The zero-order valence-corrected chi connectivity index (χ0v) is 22.6. The number of fused-ring (bicyclic) bond motifs is 4. The molecule has 2 aromatic carbocycles. The van der Waals surface area contributed by atoms with Crippen molar-refractivity contribution in [1.29, 1.82) is 0 Å². The Kier molecular flexibility index (Phi) is 5.96. The molecule has 0 unspecified atom stereocenters. The lowest BCUT2D eigenvalue weighted by Gasteiger charge is -2.24. The van der Waals surface area contributed by atoms with E-state index in [-0.39, 0.29) is 12.5 Å². The van der Waals surface area contributed by atoms with Gasteiger partial charge in [0, 0.05) is 0 Å². The molecule has 0 saturated carbocycles. The molecule has 5 heterocycles. The third-order valence-corrected chi connectivity index (χ3v) is 7.00. The van der Waals surface area contributed by atoms with Crippen LogP contribution in [0.25, 0.3) is 11.3 Å². The lowest BCUT2D eigenvalue weighted by atomic mass is 9.88. The number of ether oxygens (including phenoxy) is 2. The summed E-state index contributed by atoms with van der Waals surface area (Å²) in [5.74, 6) is 2.60. The summed E-state index contributed by atoms with van der Waals surface area (Å²) in [6, 6.07) is 21.2. The number of nitrogens with zero attached hydrogens (tertiary/aromatic N) is 7. The number of rotatable bonds is 7. The molecule has 0 bridgehead atoms. The van der Waals surface area contributed by atoms with Gasteiger partial charge in [0.05, 0.1) is 47.5 Å². The highest BCUT2D eigenvalue weighted by atomic mass is 16.6. The number of para-hydroxylation sites is 1. The molecular weight excluding hydrogens is 522 g/mol. The molecule has 11 heteroatoms. The molecule has 6 aromatic rings. The third-order valence-electron chi connectivity index (χ3n) is 7.00. The number of aryl methyl sites for hydroxylation is 1. The first kappa shape index (κ1) is 24.6. The summed E-state index contributed by atoms with van der Waals surface area (Å²) in [5.41, 5.74) is 5.54. The fraction of sp³-hybridized carbons (Fsp3) is 0.167. The van der Waals surface area contributed by atoms with E-state index in [1.807, 2.05) is 80.6 Å². The molecule has 41 heavy (non-hydrogen) atoms. The van der Waals surface area contributed by atoms with E-state index in [9.17, 15) is 0 Å². The van der Waals surface area contributed by atoms with Crippen molar-refractivity contribution in [3.05, 3.63) is 113 Å². The number of furan rings is 1. The number of hydrogen-bond donors (Lipinski definition) is 0. The van der Waals surface area contributed by atoms with E-state index in [1.54, 1.807) is 28.9 Å². The van der Waals surface area contributed by atoms with Crippen LogP contribution in [0, 0.1) is 6.92 Å². The van der Waals surface area contributed by atoms with Gasteiger partial charge >= 0.3 is 0 Å². The summed E-state index contributed by atoms with van der Waals surface area (Å²) >= 11 is 0. The number of benzene rings is 2. The molecule has 0 aliphatic carbocycles. The van der Waals surface area contributed by atoms with E-state index >= 15 is 0 Å². The summed E-state index contributed by atoms with van der Waals surface area (Å²) in [7, 11) is 1.63. The Bertz CT molecular complexity index is 1870. The van der Waals surface area contributed by atoms with Crippen LogP contribution >= 0.6 is 0 Å². The molecule has 204 valence electrons. The van der Waals surface area contributed by atoms with Crippen molar-refractivity contribution < 1.29 is 18.7 Å². The van der Waals surface area contributed by atoms with E-state index in [0.717, 1.165) is 45.3 Å². The number of methoxy groups -OCH3 is 1. The Balaban J connectivity index is 1.25. The van der Waals surface area contributed by atoms with Gasteiger partial charge in [0.1, 0.15) is 17.8 Å². The second-order valence-electron chi connectivity index (χ2n) is 9.54. The van der Waals surface area contributed by atoms with Gasteiger partial charge in [-0.05, 0) is 67.9 Å². The molecule has 0 saturated heterocycles. The summed E-state index contributed by atoms with van der Waals surface area (Å²) < 4.78 is 21.0. The monoisotopic (exact) mass is 547 g/mol. The normalized spacial score (nSPS) is 14.4. The van der Waals surface area contributed by atoms with Gasteiger partial charge in [-0.3, -0.25) is 0 Å². The maximum absolute atomic E-state index is 6.41. The Labute approximate surface area is 234 Å². The average molecular weight is 548 g/mol. The molecule has 4 aromatic heterocycles. The Morgan fingerprint density at radius 3 is 2.59 bits per heavy atom. The molecule has 0 N–H and O–H groups in total. The third kappa shape index (κ3) is 4.27. The van der Waals surface area contributed by atoms with Crippen molar-refractivity contribution in [3.63, 3.8) is 0 Å². The van der Waals surface area contributed by atoms with Crippen LogP contribution in [-0.4, -0.2) is 42.2 Å². The standard InChI is InChI=1S/C30H25N7O4/c1-18(20-11-13-22(38-3)14-12-20)35-40-16-24-32-28-27-26(23-10-7-15-39-23)25-19(2)33-37(21-8-5-4-6-9-21)30(25)41-29(27)31-17-36(28)34-24/h4-15,17,26H,16H2,1-3H3/b35-18-/t26-/m0/s1. The van der Waals surface area contributed by atoms with Crippen LogP contribution in [-0.2, 0) is 11.4 Å². The molecular formula is C30H25N7O4. The number of aromatic nitrogens is 6. The highest BCUT2D eigenvalue weighted by Crippen LogP contribution is 2.49. The first-order valence-corrected chi connectivity index (χ1v) is 13.0. The van der Waals surface area contributed by atoms with Gasteiger partial charge in [0.15, 0.2) is 18.1 Å². The van der Waals surface area contributed by atoms with Crippen LogP contribution in [0.4, 0.5) is 0 Å². The Morgan fingerprint density at radius 2 is 1.83 bits per heavy atom. The van der Waals surface area contributed by atoms with Gasteiger partial charge in [0.2, 0.25) is 11.8 Å². The van der Waals surface area contributed by atoms with E-state index in [1.165, 1.54) is 0 Å². The zero-order valence-electron chi connectivity index (χ0n) is 22.6. The molecule has 1 aliphatic heterocycles. The topological polar surface area (TPSA) is 114 Å². The van der Waals surface area contributed by atoms with Crippen LogP contribution in [0.2, 0.25) is 0 Å². The predicted octanol–water partition coefficient (Wildman–Crippen LogP) is 5.45. The van der Waals surface area contributed by atoms with E-state index in [0.29, 0.717) is 23.2 Å². The van der Waals surface area contributed by atoms with E-state index in [2.05, 4.69) is 15.2 Å². The van der Waals surface area contributed by atoms with Gasteiger partial charge < -0.3 is 18.7 Å². The zero-order chi connectivity index (χ0) is 27.9. The summed E-state index contributed by atoms with van der Waals surface area (Å²) in [6.45, 7) is 3.91. The quantitative estimate of drug-likeness (QED) is 0.191. The van der Waals surface area contributed by atoms with E-state index in [4.69, 9.17) is 28.8 Å². The first-order chi connectivity index (χ1) is 20.1. The highest BCUT2D eigenvalue weighted by molar-refractivity contribution is 5.98. The second kappa shape index (κ2) is 9.94. The molecule has 0 radical (unpaired) electrons. The lowest BCUT2D eigenvalue weighted by Crippen LogP contribution is -2.15. The molecule has 0 fully saturated rings. The maximum Gasteiger partial charge on any atom is 0.230 e. The van der Waals surface area contributed by atoms with Gasteiger partial charge in [-0.15, -0.1) is 5.10 Å². The first-order valence-electron chi connectivity index (χ1n) is 13.0. The van der Waals surface area contributed by atoms with E-state index < -0.39 is 0 Å². The molecule has 1 aliphatic rings. The lowest BCUT2D eigenvalue weighted by molar-refractivity contribution is 0.125. The van der Waals surface area contributed by atoms with Gasteiger partial charge in [0.25, 0.3) is 0 Å². The highest BCUT2D eigenvalue weighted by Gasteiger charge is 2.39. The number of hydrogen-bond acceptors (Lipinski definition) is 9. The van der Waals surface area contributed by atoms with Crippen molar-refractivity contribution in [2.45, 2.75) is 26.4 Å². The molecule has 1 atom stereocenters. The SMILES string of the molecule is COc1ccc(/C(C)=N\OCc2nc3c4c(ncn3n2)Oc2c(c(C)nn2-c2ccccc2)[C@@H]4c2ccco2)cc1. The van der Waals surface area contributed by atoms with Crippen molar-refractivity contribution >= 4 is 11.4 Å². The van der Waals surface area contributed by atoms with Gasteiger partial charge in [-0.25, -0.2) is 19.2 Å². The smallest absolute Gasteiger partial charge is 0.230 e. The van der Waals surface area contributed by atoms with Crippen molar-refractivity contribution in [2.75, 3.05) is 7.11 Å². The molecule has 11 nitrogen and oxygen atoms in total. The Morgan fingerprint density at radius 1 is 1.00 bits per heavy atom. The maximum atomic E-state index is 6.41. The molecule has 0 amide bonds.